The van der Waals surface area contributed by atoms with Crippen LogP contribution in [-0.2, 0) is 28.6 Å². The first-order valence-corrected chi connectivity index (χ1v) is 33.4. The van der Waals surface area contributed by atoms with Gasteiger partial charge in [-0.15, -0.1) is 0 Å². The predicted octanol–water partition coefficient (Wildman–Crippen LogP) is 22.9. The Morgan fingerprint density at radius 1 is 0.273 bits per heavy atom. The van der Waals surface area contributed by atoms with Gasteiger partial charge in [-0.1, -0.05) is 312 Å². The van der Waals surface area contributed by atoms with Crippen LogP contribution in [0.4, 0.5) is 0 Å². The van der Waals surface area contributed by atoms with Gasteiger partial charge in [0.25, 0.3) is 0 Å². The van der Waals surface area contributed by atoms with Gasteiger partial charge in [0, 0.05) is 19.3 Å². The molecule has 0 fully saturated rings. The minimum atomic E-state index is -0.779. The van der Waals surface area contributed by atoms with Crippen LogP contribution in [0.3, 0.4) is 0 Å². The van der Waals surface area contributed by atoms with Crippen LogP contribution in [0.1, 0.15) is 342 Å². The minimum Gasteiger partial charge on any atom is -0.462 e. The summed E-state index contributed by atoms with van der Waals surface area (Å²) in [6.45, 7) is 6.52. The fraction of sp³-hybridized carbons (Fsp3) is 0.789. The van der Waals surface area contributed by atoms with Crippen molar-refractivity contribution >= 4 is 17.9 Å². The Hall–Kier alpha value is -3.15. The van der Waals surface area contributed by atoms with Crippen molar-refractivity contribution in [3.8, 4) is 0 Å². The highest BCUT2D eigenvalue weighted by Crippen LogP contribution is 2.17. The highest BCUT2D eigenvalue weighted by molar-refractivity contribution is 5.71. The molecule has 0 saturated carbocycles. The molecular weight excluding hydrogens is 949 g/mol. The number of ether oxygens (including phenoxy) is 3. The molecule has 0 aliphatic heterocycles. The van der Waals surface area contributed by atoms with Crippen LogP contribution in [0.5, 0.6) is 0 Å². The molecule has 0 saturated heterocycles. The molecule has 0 aliphatic carbocycles. The summed E-state index contributed by atoms with van der Waals surface area (Å²) in [5, 5.41) is 0. The van der Waals surface area contributed by atoms with Crippen LogP contribution in [0.2, 0.25) is 0 Å². The van der Waals surface area contributed by atoms with Gasteiger partial charge in [0.15, 0.2) is 6.10 Å². The van der Waals surface area contributed by atoms with Crippen LogP contribution >= 0.6 is 0 Å². The van der Waals surface area contributed by atoms with E-state index in [9.17, 15) is 14.4 Å². The fourth-order valence-corrected chi connectivity index (χ4v) is 9.69. The topological polar surface area (TPSA) is 78.9 Å². The minimum absolute atomic E-state index is 0.0756. The molecule has 0 aromatic carbocycles. The molecule has 0 rings (SSSR count). The largest absolute Gasteiger partial charge is 0.462 e. The summed E-state index contributed by atoms with van der Waals surface area (Å²) in [6, 6.07) is 0. The lowest BCUT2D eigenvalue weighted by molar-refractivity contribution is -0.167. The lowest BCUT2D eigenvalue weighted by Gasteiger charge is -2.18. The average Bonchev–Trinajstić information content (AvgIpc) is 3.43. The number of unbranched alkanes of at least 4 members (excludes halogenated alkanes) is 38. The normalized spacial score (nSPS) is 12.5. The van der Waals surface area contributed by atoms with Gasteiger partial charge in [-0.2, -0.15) is 0 Å². The molecule has 77 heavy (non-hydrogen) atoms. The molecule has 1 unspecified atom stereocenters. The third-order valence-electron chi connectivity index (χ3n) is 14.7. The van der Waals surface area contributed by atoms with E-state index in [1.54, 1.807) is 0 Å². The summed E-state index contributed by atoms with van der Waals surface area (Å²) < 4.78 is 16.9. The number of hydrogen-bond acceptors (Lipinski definition) is 6. The third-order valence-corrected chi connectivity index (χ3v) is 14.7. The van der Waals surface area contributed by atoms with Gasteiger partial charge in [0.1, 0.15) is 13.2 Å². The molecule has 6 heteroatoms. The van der Waals surface area contributed by atoms with E-state index >= 15 is 0 Å². The first-order valence-electron chi connectivity index (χ1n) is 33.4. The Bertz CT molecular complexity index is 1420. The van der Waals surface area contributed by atoms with Gasteiger partial charge in [0.05, 0.1) is 0 Å². The van der Waals surface area contributed by atoms with Gasteiger partial charge in [0.2, 0.25) is 0 Å². The van der Waals surface area contributed by atoms with Gasteiger partial charge in [-0.25, -0.2) is 0 Å². The van der Waals surface area contributed by atoms with Crippen LogP contribution in [0.15, 0.2) is 72.9 Å². The van der Waals surface area contributed by atoms with Crippen molar-refractivity contribution in [3.05, 3.63) is 72.9 Å². The third kappa shape index (κ3) is 63.6. The predicted molar refractivity (Wildman–Crippen MR) is 335 cm³/mol. The molecule has 0 amide bonds. The van der Waals surface area contributed by atoms with E-state index in [0.29, 0.717) is 19.3 Å². The van der Waals surface area contributed by atoms with Crippen LogP contribution in [0, 0.1) is 0 Å². The molecule has 0 aromatic heterocycles. The monoisotopic (exact) mass is 1070 g/mol. The van der Waals surface area contributed by atoms with E-state index in [1.807, 2.05) is 0 Å². The Morgan fingerprint density at radius 2 is 0.519 bits per heavy atom. The number of carbonyl (C=O) groups is 3. The summed E-state index contributed by atoms with van der Waals surface area (Å²) in [4.78, 5) is 38.3. The second-order valence-electron chi connectivity index (χ2n) is 22.4. The second-order valence-corrected chi connectivity index (χ2v) is 22.4. The molecule has 0 N–H and O–H groups in total. The van der Waals surface area contributed by atoms with Gasteiger partial charge < -0.3 is 14.2 Å². The fourth-order valence-electron chi connectivity index (χ4n) is 9.69. The molecule has 0 radical (unpaired) electrons. The number of esters is 3. The molecule has 1 atom stereocenters. The first-order chi connectivity index (χ1) is 38.0. The SMILES string of the molecule is CC/C=C\C/C=C\C/C=C\C/C=C\CCCCCCCCCCCCCCCCCCCCC(=O)OCC(COC(=O)CCCCCCCCCCCCCCCC)OC(=O)CCCCCCC/C=C\C/C=C\CCCC. The van der Waals surface area contributed by atoms with E-state index in [2.05, 4.69) is 93.7 Å². The number of rotatable bonds is 61. The zero-order valence-electron chi connectivity index (χ0n) is 51.2. The van der Waals surface area contributed by atoms with Crippen molar-refractivity contribution < 1.29 is 28.6 Å². The highest BCUT2D eigenvalue weighted by atomic mass is 16.6. The maximum atomic E-state index is 12.9. The Balaban J connectivity index is 4.15. The van der Waals surface area contributed by atoms with Crippen molar-refractivity contribution in [2.45, 2.75) is 348 Å². The van der Waals surface area contributed by atoms with Crippen molar-refractivity contribution in [1.82, 2.24) is 0 Å². The van der Waals surface area contributed by atoms with Gasteiger partial charge in [-0.05, 0) is 83.5 Å². The maximum Gasteiger partial charge on any atom is 0.306 e. The summed E-state index contributed by atoms with van der Waals surface area (Å²) in [6.07, 6.45) is 85.0. The second kappa shape index (κ2) is 65.4. The average molecular weight is 1080 g/mol. The van der Waals surface area contributed by atoms with Crippen molar-refractivity contribution in [2.75, 3.05) is 13.2 Å². The number of hydrogen-bond donors (Lipinski definition) is 0. The lowest BCUT2D eigenvalue weighted by atomic mass is 10.0. The zero-order chi connectivity index (χ0) is 55.7. The molecule has 0 aromatic rings. The molecule has 0 bridgehead atoms. The number of carbonyl (C=O) groups excluding carboxylic acids is 3. The zero-order valence-corrected chi connectivity index (χ0v) is 51.2. The first kappa shape index (κ1) is 73.8. The Morgan fingerprint density at radius 3 is 0.831 bits per heavy atom. The maximum absolute atomic E-state index is 12.9. The van der Waals surface area contributed by atoms with E-state index in [1.165, 1.54) is 193 Å². The lowest BCUT2D eigenvalue weighted by Crippen LogP contribution is -2.30. The number of allylic oxidation sites excluding steroid dienone is 12. The molecular formula is C71H126O6. The van der Waals surface area contributed by atoms with E-state index < -0.39 is 6.10 Å². The smallest absolute Gasteiger partial charge is 0.306 e. The van der Waals surface area contributed by atoms with Gasteiger partial charge in [-0.3, -0.25) is 14.4 Å². The summed E-state index contributed by atoms with van der Waals surface area (Å²) in [7, 11) is 0. The summed E-state index contributed by atoms with van der Waals surface area (Å²) in [5.74, 6) is -0.870. The molecule has 0 aliphatic rings. The quantitative estimate of drug-likeness (QED) is 0.0261. The van der Waals surface area contributed by atoms with Crippen molar-refractivity contribution in [2.24, 2.45) is 0 Å². The Kier molecular flexibility index (Phi) is 62.7. The van der Waals surface area contributed by atoms with Crippen LogP contribution < -0.4 is 0 Å². The standard InChI is InChI=1S/C71H126O6/c1-4-7-10-13-16-19-22-25-28-29-30-31-32-33-34-35-36-37-38-39-40-41-42-43-44-47-49-52-55-58-61-64-70(73)76-67-68(77-71(74)65-62-59-56-53-50-46-27-24-21-18-15-12-9-6-3)66-75-69(72)63-60-57-54-51-48-45-26-23-20-17-14-11-8-5-2/h7,10,15-16,18-19,24-25,27-28,30-31,68H,4-6,8-9,11-14,17,20-23,26,29,32-67H2,1-3H3/b10-7-,18-15-,19-16-,27-24-,28-25-,31-30-. The van der Waals surface area contributed by atoms with E-state index in [4.69, 9.17) is 14.2 Å². The van der Waals surface area contributed by atoms with Crippen molar-refractivity contribution in [1.29, 1.82) is 0 Å². The van der Waals surface area contributed by atoms with Crippen LogP contribution in [0.25, 0.3) is 0 Å². The van der Waals surface area contributed by atoms with E-state index in [-0.39, 0.29) is 31.1 Å². The molecule has 0 heterocycles. The summed E-state index contributed by atoms with van der Waals surface area (Å²) >= 11 is 0. The molecule has 0 spiro atoms. The molecule has 6 nitrogen and oxygen atoms in total. The van der Waals surface area contributed by atoms with Gasteiger partial charge >= 0.3 is 17.9 Å². The molecule has 446 valence electrons. The Labute approximate surface area is 478 Å². The van der Waals surface area contributed by atoms with Crippen molar-refractivity contribution in [3.63, 3.8) is 0 Å². The summed E-state index contributed by atoms with van der Waals surface area (Å²) in [5.41, 5.74) is 0. The van der Waals surface area contributed by atoms with Crippen LogP contribution in [-0.4, -0.2) is 37.2 Å². The van der Waals surface area contributed by atoms with E-state index in [0.717, 1.165) is 109 Å². The highest BCUT2D eigenvalue weighted by Gasteiger charge is 2.19.